The zero-order valence-electron chi connectivity index (χ0n) is 43.9. The van der Waals surface area contributed by atoms with Crippen molar-refractivity contribution < 1.29 is 52.2 Å². The fourth-order valence-corrected chi connectivity index (χ4v) is 7.62. The molecule has 0 heterocycles. The standard InChI is InChI=1S/C58H97O11P/c1-4-7-10-13-16-19-22-25-26-27-28-31-34-37-40-43-46-49-58(62)69-55(51-65-56(60)47-44-41-38-35-32-29-23-20-17-14-11-8-5-2)53-67-70(63,64)66-52-54(50-59)68-57(61)48-45-42-39-36-33-30-24-21-18-15-12-9-6-3/h7,10-11,14,16,19-21,23-26,28,31,37,40,54-55,59H,4-6,8-9,12-13,15,17-18,22,27,29-30,32-36,38-39,41-53H2,1-3H3,(H,63,64)/b10-7-,14-11-,19-16-,23-20-,24-21-,26-25-,31-28-,40-37-. The van der Waals surface area contributed by atoms with E-state index in [9.17, 15) is 28.9 Å². The Bertz CT molecular complexity index is 1540. The molecule has 0 aliphatic heterocycles. The highest BCUT2D eigenvalue weighted by atomic mass is 31.2. The Labute approximate surface area is 425 Å². The minimum atomic E-state index is -4.77. The maximum atomic E-state index is 12.9. The van der Waals surface area contributed by atoms with Crippen LogP contribution < -0.4 is 0 Å². The summed E-state index contributed by atoms with van der Waals surface area (Å²) in [6.07, 6.45) is 59.5. The highest BCUT2D eigenvalue weighted by Gasteiger charge is 2.28. The third-order valence-corrected chi connectivity index (χ3v) is 11.9. The molecule has 70 heavy (non-hydrogen) atoms. The predicted molar refractivity (Wildman–Crippen MR) is 288 cm³/mol. The largest absolute Gasteiger partial charge is 0.472 e. The second-order valence-electron chi connectivity index (χ2n) is 17.7. The molecule has 0 amide bonds. The summed E-state index contributed by atoms with van der Waals surface area (Å²) in [6, 6.07) is 0. The minimum Gasteiger partial charge on any atom is -0.462 e. The molecule has 0 aromatic heterocycles. The Morgan fingerprint density at radius 2 is 0.786 bits per heavy atom. The first-order chi connectivity index (χ1) is 34.2. The van der Waals surface area contributed by atoms with Crippen LogP contribution in [0.4, 0.5) is 0 Å². The number of ether oxygens (including phenoxy) is 3. The Balaban J connectivity index is 4.86. The van der Waals surface area contributed by atoms with E-state index < -0.39 is 57.8 Å². The van der Waals surface area contributed by atoms with E-state index in [-0.39, 0.29) is 25.9 Å². The van der Waals surface area contributed by atoms with Crippen LogP contribution in [0.15, 0.2) is 97.2 Å². The Hall–Kier alpha value is -3.60. The van der Waals surface area contributed by atoms with Crippen LogP contribution in [0, 0.1) is 0 Å². The summed E-state index contributed by atoms with van der Waals surface area (Å²) in [5.74, 6) is -1.57. The zero-order chi connectivity index (χ0) is 51.3. The molecule has 0 fully saturated rings. The van der Waals surface area contributed by atoms with Gasteiger partial charge in [-0.2, -0.15) is 0 Å². The van der Waals surface area contributed by atoms with E-state index >= 15 is 0 Å². The molecule has 0 saturated heterocycles. The number of phosphoric acid groups is 1. The number of esters is 3. The van der Waals surface area contributed by atoms with Crippen molar-refractivity contribution >= 4 is 25.7 Å². The van der Waals surface area contributed by atoms with E-state index in [2.05, 4.69) is 106 Å². The summed E-state index contributed by atoms with van der Waals surface area (Å²) in [5, 5.41) is 9.78. The second-order valence-corrected chi connectivity index (χ2v) is 19.1. The highest BCUT2D eigenvalue weighted by molar-refractivity contribution is 7.47. The van der Waals surface area contributed by atoms with Gasteiger partial charge in [-0.1, -0.05) is 182 Å². The van der Waals surface area contributed by atoms with Crippen LogP contribution in [0.25, 0.3) is 0 Å². The van der Waals surface area contributed by atoms with Gasteiger partial charge in [-0.25, -0.2) is 4.57 Å². The van der Waals surface area contributed by atoms with Gasteiger partial charge in [0.1, 0.15) is 12.7 Å². The van der Waals surface area contributed by atoms with Gasteiger partial charge in [0.05, 0.1) is 19.8 Å². The summed E-state index contributed by atoms with van der Waals surface area (Å²) in [5.41, 5.74) is 0. The average Bonchev–Trinajstić information content (AvgIpc) is 3.35. The summed E-state index contributed by atoms with van der Waals surface area (Å²) in [4.78, 5) is 48.4. The Morgan fingerprint density at radius 1 is 0.414 bits per heavy atom. The number of aliphatic hydroxyl groups is 1. The molecule has 400 valence electrons. The van der Waals surface area contributed by atoms with Gasteiger partial charge < -0.3 is 24.2 Å². The lowest BCUT2D eigenvalue weighted by molar-refractivity contribution is -0.161. The number of aliphatic hydroxyl groups excluding tert-OH is 1. The summed E-state index contributed by atoms with van der Waals surface area (Å²) in [7, 11) is -4.77. The highest BCUT2D eigenvalue weighted by Crippen LogP contribution is 2.43. The van der Waals surface area contributed by atoms with Crippen LogP contribution in [0.1, 0.15) is 213 Å². The molecule has 0 saturated carbocycles. The van der Waals surface area contributed by atoms with Gasteiger partial charge >= 0.3 is 25.7 Å². The van der Waals surface area contributed by atoms with Crippen LogP contribution in [-0.2, 0) is 42.2 Å². The number of rotatable bonds is 49. The quantitative estimate of drug-likeness (QED) is 0.0197. The molecule has 0 spiro atoms. The molecule has 3 unspecified atom stereocenters. The van der Waals surface area contributed by atoms with Gasteiger partial charge in [0.15, 0.2) is 6.10 Å². The van der Waals surface area contributed by atoms with Crippen molar-refractivity contribution in [2.24, 2.45) is 0 Å². The maximum Gasteiger partial charge on any atom is 0.472 e. The lowest BCUT2D eigenvalue weighted by Gasteiger charge is -2.21. The number of unbranched alkanes of at least 4 members (excludes halogenated alkanes) is 16. The van der Waals surface area contributed by atoms with E-state index in [1.807, 2.05) is 12.2 Å². The molecule has 0 radical (unpaired) electrons. The first-order valence-corrected chi connectivity index (χ1v) is 28.6. The number of hydrogen-bond acceptors (Lipinski definition) is 10. The van der Waals surface area contributed by atoms with Crippen molar-refractivity contribution in [3.8, 4) is 0 Å². The van der Waals surface area contributed by atoms with Gasteiger partial charge in [-0.15, -0.1) is 0 Å². The van der Waals surface area contributed by atoms with Crippen LogP contribution in [0.3, 0.4) is 0 Å². The van der Waals surface area contributed by atoms with E-state index in [1.54, 1.807) is 0 Å². The van der Waals surface area contributed by atoms with Crippen molar-refractivity contribution in [2.45, 2.75) is 226 Å². The molecule has 12 heteroatoms. The van der Waals surface area contributed by atoms with Crippen LogP contribution in [-0.4, -0.2) is 66.5 Å². The normalized spacial score (nSPS) is 14.2. The lowest BCUT2D eigenvalue weighted by Crippen LogP contribution is -2.30. The van der Waals surface area contributed by atoms with E-state index in [1.165, 1.54) is 25.7 Å². The molecule has 0 aromatic carbocycles. The van der Waals surface area contributed by atoms with Gasteiger partial charge in [-0.05, 0) is 109 Å². The molecule has 3 atom stereocenters. The van der Waals surface area contributed by atoms with Gasteiger partial charge in [0, 0.05) is 19.3 Å². The van der Waals surface area contributed by atoms with Crippen molar-refractivity contribution in [3.63, 3.8) is 0 Å². The van der Waals surface area contributed by atoms with E-state index in [0.29, 0.717) is 25.7 Å². The Kier molecular flexibility index (Phi) is 49.1. The van der Waals surface area contributed by atoms with Crippen molar-refractivity contribution in [1.82, 2.24) is 0 Å². The molecular weight excluding hydrogens is 904 g/mol. The monoisotopic (exact) mass is 1000 g/mol. The van der Waals surface area contributed by atoms with Crippen molar-refractivity contribution in [3.05, 3.63) is 97.2 Å². The molecule has 0 rings (SSSR count). The first kappa shape index (κ1) is 66.4. The average molecular weight is 1000 g/mol. The van der Waals surface area contributed by atoms with Crippen LogP contribution in [0.5, 0.6) is 0 Å². The number of allylic oxidation sites excluding steroid dienone is 16. The van der Waals surface area contributed by atoms with Gasteiger partial charge in [0.25, 0.3) is 0 Å². The molecule has 2 N–H and O–H groups in total. The smallest absolute Gasteiger partial charge is 0.462 e. The third kappa shape index (κ3) is 49.4. The number of carbonyl (C=O) groups is 3. The van der Waals surface area contributed by atoms with Gasteiger partial charge in [0.2, 0.25) is 0 Å². The Morgan fingerprint density at radius 3 is 1.27 bits per heavy atom. The SMILES string of the molecule is CC/C=C\C/C=C\C/C=C\C/C=C\C/C=C\CCCC(=O)OC(COC(=O)CCCCCCC/C=C\C/C=C\CCC)COP(=O)(O)OCC(CO)OC(=O)CCCCCCC/C=C\CCCCCC. The number of hydrogen-bond donors (Lipinski definition) is 2. The second kappa shape index (κ2) is 51.7. The summed E-state index contributed by atoms with van der Waals surface area (Å²) < 4.78 is 39.3. The molecule has 0 aliphatic rings. The fourth-order valence-electron chi connectivity index (χ4n) is 6.83. The minimum absolute atomic E-state index is 0.0816. The van der Waals surface area contributed by atoms with Crippen LogP contribution >= 0.6 is 7.82 Å². The van der Waals surface area contributed by atoms with Crippen molar-refractivity contribution in [2.75, 3.05) is 26.4 Å². The topological polar surface area (TPSA) is 155 Å². The zero-order valence-corrected chi connectivity index (χ0v) is 44.8. The maximum absolute atomic E-state index is 12.9. The van der Waals surface area contributed by atoms with E-state index in [0.717, 1.165) is 122 Å². The molecular formula is C58H97O11P. The predicted octanol–water partition coefficient (Wildman–Crippen LogP) is 15.7. The molecule has 0 bridgehead atoms. The first-order valence-electron chi connectivity index (χ1n) is 27.1. The lowest BCUT2D eigenvalue weighted by atomic mass is 10.1. The summed E-state index contributed by atoms with van der Waals surface area (Å²) >= 11 is 0. The fraction of sp³-hybridized carbons (Fsp3) is 0.672. The number of phosphoric ester groups is 1. The number of carbonyl (C=O) groups excluding carboxylic acids is 3. The van der Waals surface area contributed by atoms with Gasteiger partial charge in [-0.3, -0.25) is 23.4 Å². The van der Waals surface area contributed by atoms with E-state index in [4.69, 9.17) is 23.3 Å². The molecule has 11 nitrogen and oxygen atoms in total. The van der Waals surface area contributed by atoms with Crippen molar-refractivity contribution in [1.29, 1.82) is 0 Å². The molecule has 0 aromatic rings. The third-order valence-electron chi connectivity index (χ3n) is 10.9. The molecule has 0 aliphatic carbocycles. The summed E-state index contributed by atoms with van der Waals surface area (Å²) in [6.45, 7) is 4.34. The van der Waals surface area contributed by atoms with Crippen LogP contribution in [0.2, 0.25) is 0 Å².